The van der Waals surface area contributed by atoms with Crippen molar-refractivity contribution >= 4 is 34.9 Å². The Morgan fingerprint density at radius 2 is 1.50 bits per heavy atom. The topological polar surface area (TPSA) is 95.4 Å². The van der Waals surface area contributed by atoms with Crippen LogP contribution in [0.5, 0.6) is 0 Å². The van der Waals surface area contributed by atoms with Crippen LogP contribution in [0.4, 0.5) is 11.4 Å². The summed E-state index contributed by atoms with van der Waals surface area (Å²) >= 11 is 5.87. The monoisotopic (exact) mass is 290 g/mol. The van der Waals surface area contributed by atoms with E-state index in [1.54, 1.807) is 0 Å². The predicted octanol–water partition coefficient (Wildman–Crippen LogP) is 2.50. The second-order valence-electron chi connectivity index (χ2n) is 4.04. The molecule has 0 amide bonds. The van der Waals surface area contributed by atoms with E-state index >= 15 is 0 Å². The Morgan fingerprint density at radius 1 is 0.900 bits per heavy atom. The van der Waals surface area contributed by atoms with Gasteiger partial charge in [-0.3, -0.25) is 0 Å². The molecule has 0 aliphatic rings. The van der Waals surface area contributed by atoms with Gasteiger partial charge in [-0.2, -0.15) is 0 Å². The normalized spacial score (nSPS) is 10.1. The van der Waals surface area contributed by atoms with E-state index in [1.807, 2.05) is 0 Å². The summed E-state index contributed by atoms with van der Waals surface area (Å²) in [5, 5.41) is 0.125. The fraction of sp³-hybridized carbons (Fsp3) is 0. The summed E-state index contributed by atoms with van der Waals surface area (Å²) in [5.74, 6) is -1.61. The lowest BCUT2D eigenvalue weighted by atomic mass is 10.2. The Bertz CT molecular complexity index is 669. The minimum absolute atomic E-state index is 0.0738. The van der Waals surface area contributed by atoms with E-state index in [9.17, 15) is 9.59 Å². The summed E-state index contributed by atoms with van der Waals surface area (Å²) in [4.78, 5) is 23.6. The van der Waals surface area contributed by atoms with Gasteiger partial charge in [-0.15, -0.1) is 0 Å². The second kappa shape index (κ2) is 5.63. The number of carbonyl (C=O) groups excluding carboxylic acids is 2. The van der Waals surface area contributed by atoms with Crippen LogP contribution >= 0.6 is 11.6 Å². The maximum atomic E-state index is 11.8. The molecule has 0 fully saturated rings. The molecule has 0 heterocycles. The largest absolute Gasteiger partial charge is 0.399 e. The molecule has 20 heavy (non-hydrogen) atoms. The summed E-state index contributed by atoms with van der Waals surface area (Å²) in [5.41, 5.74) is 12.2. The first kappa shape index (κ1) is 13.9. The van der Waals surface area contributed by atoms with Gasteiger partial charge in [0.15, 0.2) is 0 Å². The highest BCUT2D eigenvalue weighted by molar-refractivity contribution is 6.34. The molecule has 5 nitrogen and oxygen atoms in total. The molecule has 0 saturated carbocycles. The maximum Gasteiger partial charge on any atom is 0.347 e. The Morgan fingerprint density at radius 3 is 2.10 bits per heavy atom. The lowest BCUT2D eigenvalue weighted by Gasteiger charge is -2.05. The van der Waals surface area contributed by atoms with E-state index in [-0.39, 0.29) is 16.1 Å². The Labute approximate surface area is 120 Å². The second-order valence-corrected chi connectivity index (χ2v) is 4.45. The molecule has 0 aromatic heterocycles. The minimum Gasteiger partial charge on any atom is -0.399 e. The van der Waals surface area contributed by atoms with Gasteiger partial charge in [-0.1, -0.05) is 11.6 Å². The molecule has 0 atom stereocenters. The number of rotatable bonds is 2. The molecule has 0 aliphatic heterocycles. The van der Waals surface area contributed by atoms with Crippen molar-refractivity contribution in [3.8, 4) is 0 Å². The van der Waals surface area contributed by atoms with E-state index in [1.165, 1.54) is 42.5 Å². The third-order valence-corrected chi connectivity index (χ3v) is 2.86. The molecule has 0 saturated heterocycles. The molecule has 102 valence electrons. The first-order valence-electron chi connectivity index (χ1n) is 5.64. The molecule has 6 heteroatoms. The van der Waals surface area contributed by atoms with E-state index in [2.05, 4.69) is 0 Å². The van der Waals surface area contributed by atoms with Crippen LogP contribution in [0.25, 0.3) is 0 Å². The van der Waals surface area contributed by atoms with Crippen LogP contribution in [0.3, 0.4) is 0 Å². The van der Waals surface area contributed by atoms with Gasteiger partial charge in [0.25, 0.3) is 0 Å². The smallest absolute Gasteiger partial charge is 0.347 e. The van der Waals surface area contributed by atoms with E-state index in [4.69, 9.17) is 27.8 Å². The molecular weight excluding hydrogens is 280 g/mol. The molecule has 0 aliphatic carbocycles. The van der Waals surface area contributed by atoms with Crippen molar-refractivity contribution in [3.05, 3.63) is 58.6 Å². The van der Waals surface area contributed by atoms with Crippen molar-refractivity contribution in [1.29, 1.82) is 0 Å². The van der Waals surface area contributed by atoms with Crippen LogP contribution < -0.4 is 11.5 Å². The molecule has 2 aromatic rings. The summed E-state index contributed by atoms with van der Waals surface area (Å²) in [6, 6.07) is 10.3. The Balaban J connectivity index is 2.15. The number of benzene rings is 2. The van der Waals surface area contributed by atoms with Gasteiger partial charge in [-0.25, -0.2) is 9.59 Å². The first-order valence-corrected chi connectivity index (χ1v) is 6.02. The number of esters is 2. The minimum atomic E-state index is -0.836. The van der Waals surface area contributed by atoms with Crippen LogP contribution in [0, 0.1) is 0 Å². The average molecular weight is 291 g/mol. The Kier molecular flexibility index (Phi) is 3.91. The number of nitrogen functional groups attached to an aromatic ring is 2. The molecule has 2 rings (SSSR count). The van der Waals surface area contributed by atoms with Gasteiger partial charge < -0.3 is 16.2 Å². The molecule has 0 unspecified atom stereocenters. The lowest BCUT2D eigenvalue weighted by molar-refractivity contribution is 0.0398. The number of anilines is 2. The van der Waals surface area contributed by atoms with Crippen molar-refractivity contribution in [2.24, 2.45) is 0 Å². The van der Waals surface area contributed by atoms with Crippen molar-refractivity contribution in [3.63, 3.8) is 0 Å². The molecule has 4 N–H and O–H groups in total. The zero-order chi connectivity index (χ0) is 14.7. The van der Waals surface area contributed by atoms with Crippen molar-refractivity contribution in [2.75, 3.05) is 11.5 Å². The molecule has 0 bridgehead atoms. The average Bonchev–Trinajstić information content (AvgIpc) is 2.39. The van der Waals surface area contributed by atoms with E-state index in [0.29, 0.717) is 11.4 Å². The number of halogens is 1. The quantitative estimate of drug-likeness (QED) is 0.503. The fourth-order valence-corrected chi connectivity index (χ4v) is 1.78. The zero-order valence-electron chi connectivity index (χ0n) is 10.3. The summed E-state index contributed by atoms with van der Waals surface area (Å²) < 4.78 is 4.74. The highest BCUT2D eigenvalue weighted by Crippen LogP contribution is 2.20. The van der Waals surface area contributed by atoms with Gasteiger partial charge in [0, 0.05) is 11.4 Å². The zero-order valence-corrected chi connectivity index (χ0v) is 11.1. The molecular formula is C14H11ClN2O3. The Hall–Kier alpha value is -2.53. The lowest BCUT2D eigenvalue weighted by Crippen LogP contribution is -2.13. The predicted molar refractivity (Wildman–Crippen MR) is 76.5 cm³/mol. The number of hydrogen-bond donors (Lipinski definition) is 2. The van der Waals surface area contributed by atoms with Crippen molar-refractivity contribution in [1.82, 2.24) is 0 Å². The fourth-order valence-electron chi connectivity index (χ4n) is 1.51. The summed E-state index contributed by atoms with van der Waals surface area (Å²) in [7, 11) is 0. The van der Waals surface area contributed by atoms with Gasteiger partial charge in [0.2, 0.25) is 0 Å². The van der Waals surface area contributed by atoms with E-state index < -0.39 is 11.9 Å². The third kappa shape index (κ3) is 3.07. The van der Waals surface area contributed by atoms with Crippen molar-refractivity contribution in [2.45, 2.75) is 0 Å². The molecule has 0 spiro atoms. The number of ether oxygens (including phenoxy) is 1. The van der Waals surface area contributed by atoms with Gasteiger partial charge in [0.1, 0.15) is 0 Å². The molecule has 0 radical (unpaired) electrons. The highest BCUT2D eigenvalue weighted by Gasteiger charge is 2.17. The van der Waals surface area contributed by atoms with Gasteiger partial charge >= 0.3 is 11.9 Å². The SMILES string of the molecule is Nc1ccc(C(=O)OC(=O)c2ccc(N)cc2Cl)cc1. The molecule has 2 aromatic carbocycles. The summed E-state index contributed by atoms with van der Waals surface area (Å²) in [6.45, 7) is 0. The maximum absolute atomic E-state index is 11.8. The van der Waals surface area contributed by atoms with Gasteiger partial charge in [-0.05, 0) is 42.5 Å². The van der Waals surface area contributed by atoms with Crippen molar-refractivity contribution < 1.29 is 14.3 Å². The number of carbonyl (C=O) groups is 2. The number of nitrogens with two attached hydrogens (primary N) is 2. The van der Waals surface area contributed by atoms with Crippen LogP contribution in [0.1, 0.15) is 20.7 Å². The third-order valence-electron chi connectivity index (χ3n) is 2.54. The van der Waals surface area contributed by atoms with Crippen LogP contribution in [-0.4, -0.2) is 11.9 Å². The van der Waals surface area contributed by atoms with Crippen LogP contribution in [-0.2, 0) is 4.74 Å². The van der Waals surface area contributed by atoms with Gasteiger partial charge in [0.05, 0.1) is 16.1 Å². The van der Waals surface area contributed by atoms with Crippen LogP contribution in [0.15, 0.2) is 42.5 Å². The highest BCUT2D eigenvalue weighted by atomic mass is 35.5. The first-order chi connectivity index (χ1) is 9.47. The summed E-state index contributed by atoms with van der Waals surface area (Å²) in [6.07, 6.45) is 0. The van der Waals surface area contributed by atoms with E-state index in [0.717, 1.165) is 0 Å². The van der Waals surface area contributed by atoms with Crippen LogP contribution in [0.2, 0.25) is 5.02 Å². The standard InChI is InChI=1S/C14H11ClN2O3/c15-12-7-10(17)5-6-11(12)14(19)20-13(18)8-1-3-9(16)4-2-8/h1-7H,16-17H2. The number of hydrogen-bond acceptors (Lipinski definition) is 5.